The molecule has 0 aliphatic heterocycles. The maximum absolute atomic E-state index is 6.53. The Morgan fingerprint density at radius 2 is 1.61 bits per heavy atom. The summed E-state index contributed by atoms with van der Waals surface area (Å²) in [7, 11) is 1.66. The molecule has 1 heterocycles. The summed E-state index contributed by atoms with van der Waals surface area (Å²) < 4.78 is 5.14. The fraction of sp³-hybridized carbons (Fsp3) is 0.267. The van der Waals surface area contributed by atoms with Crippen LogP contribution in [-0.2, 0) is 0 Å². The van der Waals surface area contributed by atoms with Gasteiger partial charge in [-0.2, -0.15) is 0 Å². The Balaban J connectivity index is 2.17. The second-order valence-corrected chi connectivity index (χ2v) is 4.71. The van der Waals surface area contributed by atoms with Gasteiger partial charge in [-0.05, 0) is 35.4 Å². The summed E-state index contributed by atoms with van der Waals surface area (Å²) in [6.45, 7) is 2.12. The summed E-state index contributed by atoms with van der Waals surface area (Å²) in [6.07, 6.45) is 3.59. The second-order valence-electron chi connectivity index (χ2n) is 4.24. The molecule has 18 heavy (non-hydrogen) atoms. The van der Waals surface area contributed by atoms with Crippen LogP contribution in [-0.4, -0.2) is 12.1 Å². The third-order valence-corrected chi connectivity index (χ3v) is 3.74. The lowest BCUT2D eigenvalue weighted by molar-refractivity contribution is 0.414. The largest absolute Gasteiger partial charge is 0.497 e. The first kappa shape index (κ1) is 12.9. The highest BCUT2D eigenvalue weighted by atomic mass is 35.5. The number of halogens is 1. The molecule has 0 aliphatic rings. The van der Waals surface area contributed by atoms with E-state index in [4.69, 9.17) is 16.3 Å². The monoisotopic (exact) mass is 261 g/mol. The Labute approximate surface area is 113 Å². The first-order valence-corrected chi connectivity index (χ1v) is 6.34. The van der Waals surface area contributed by atoms with Crippen molar-refractivity contribution in [2.24, 2.45) is 0 Å². The summed E-state index contributed by atoms with van der Waals surface area (Å²) in [6, 6.07) is 11.9. The maximum Gasteiger partial charge on any atom is 0.118 e. The van der Waals surface area contributed by atoms with Crippen LogP contribution in [0.5, 0.6) is 5.75 Å². The van der Waals surface area contributed by atoms with Crippen molar-refractivity contribution in [1.29, 1.82) is 0 Å². The van der Waals surface area contributed by atoms with Crippen molar-refractivity contribution < 1.29 is 4.74 Å². The zero-order valence-corrected chi connectivity index (χ0v) is 11.3. The van der Waals surface area contributed by atoms with Crippen LogP contribution < -0.4 is 4.74 Å². The van der Waals surface area contributed by atoms with Gasteiger partial charge in [-0.1, -0.05) is 19.1 Å². The maximum atomic E-state index is 6.53. The highest BCUT2D eigenvalue weighted by Gasteiger charge is 2.18. The van der Waals surface area contributed by atoms with Gasteiger partial charge in [0.05, 0.1) is 12.5 Å². The van der Waals surface area contributed by atoms with E-state index < -0.39 is 0 Å². The van der Waals surface area contributed by atoms with Gasteiger partial charge >= 0.3 is 0 Å². The van der Waals surface area contributed by atoms with E-state index in [1.54, 1.807) is 19.5 Å². The lowest BCUT2D eigenvalue weighted by atomic mass is 9.94. The molecule has 2 nitrogen and oxygen atoms in total. The van der Waals surface area contributed by atoms with Gasteiger partial charge in [-0.25, -0.2) is 0 Å². The number of aromatic nitrogens is 1. The molecule has 1 aromatic carbocycles. The number of nitrogens with zero attached hydrogens (tertiary/aromatic N) is 1. The minimum Gasteiger partial charge on any atom is -0.497 e. The van der Waals surface area contributed by atoms with Crippen LogP contribution >= 0.6 is 11.6 Å². The van der Waals surface area contributed by atoms with E-state index in [9.17, 15) is 0 Å². The van der Waals surface area contributed by atoms with Gasteiger partial charge in [0.2, 0.25) is 0 Å². The molecule has 2 atom stereocenters. The lowest BCUT2D eigenvalue weighted by Gasteiger charge is -2.18. The predicted octanol–water partition coefficient (Wildman–Crippen LogP) is 4.17. The van der Waals surface area contributed by atoms with Crippen molar-refractivity contribution in [2.75, 3.05) is 7.11 Å². The van der Waals surface area contributed by atoms with E-state index in [-0.39, 0.29) is 11.3 Å². The predicted molar refractivity (Wildman–Crippen MR) is 74.2 cm³/mol. The van der Waals surface area contributed by atoms with Gasteiger partial charge in [0.25, 0.3) is 0 Å². The average molecular weight is 262 g/mol. The van der Waals surface area contributed by atoms with E-state index in [1.807, 2.05) is 36.4 Å². The van der Waals surface area contributed by atoms with Crippen molar-refractivity contribution in [2.45, 2.75) is 18.2 Å². The second kappa shape index (κ2) is 5.87. The Morgan fingerprint density at radius 3 is 2.17 bits per heavy atom. The third-order valence-electron chi connectivity index (χ3n) is 3.11. The summed E-state index contributed by atoms with van der Waals surface area (Å²) in [5.41, 5.74) is 2.29. The van der Waals surface area contributed by atoms with Crippen LogP contribution in [0.1, 0.15) is 29.3 Å². The molecule has 2 rings (SSSR count). The number of benzene rings is 1. The molecule has 0 saturated carbocycles. The lowest BCUT2D eigenvalue weighted by Crippen LogP contribution is -2.02. The molecule has 3 heteroatoms. The van der Waals surface area contributed by atoms with Crippen LogP contribution in [0.25, 0.3) is 0 Å². The minimum atomic E-state index is -0.0571. The van der Waals surface area contributed by atoms with Crippen molar-refractivity contribution in [1.82, 2.24) is 4.98 Å². The molecule has 0 N–H and O–H groups in total. The molecular weight excluding hydrogens is 246 g/mol. The molecular formula is C15H16ClNO. The van der Waals surface area contributed by atoms with Crippen molar-refractivity contribution in [3.63, 3.8) is 0 Å². The van der Waals surface area contributed by atoms with E-state index in [0.717, 1.165) is 11.3 Å². The van der Waals surface area contributed by atoms with Gasteiger partial charge in [0, 0.05) is 18.3 Å². The fourth-order valence-corrected chi connectivity index (χ4v) is 2.20. The smallest absolute Gasteiger partial charge is 0.118 e. The molecule has 0 aliphatic carbocycles. The Morgan fingerprint density at radius 1 is 1.00 bits per heavy atom. The van der Waals surface area contributed by atoms with Crippen LogP contribution in [0.2, 0.25) is 0 Å². The molecule has 0 fully saturated rings. The molecule has 0 bridgehead atoms. The van der Waals surface area contributed by atoms with E-state index >= 15 is 0 Å². The highest BCUT2D eigenvalue weighted by Crippen LogP contribution is 2.36. The zero-order valence-electron chi connectivity index (χ0n) is 10.5. The normalized spacial score (nSPS) is 13.9. The number of pyridine rings is 1. The Kier molecular flexibility index (Phi) is 4.21. The standard InChI is InChI=1S/C15H16ClNO/c1-11(12-7-9-17-10-8-12)15(16)13-3-5-14(18-2)6-4-13/h3-11,15H,1-2H3. The summed E-state index contributed by atoms with van der Waals surface area (Å²) in [4.78, 5) is 4.02. The van der Waals surface area contributed by atoms with Crippen LogP contribution in [0, 0.1) is 0 Å². The fourth-order valence-electron chi connectivity index (χ4n) is 1.91. The van der Waals surface area contributed by atoms with Crippen LogP contribution in [0.3, 0.4) is 0 Å². The molecule has 94 valence electrons. The quantitative estimate of drug-likeness (QED) is 0.771. The molecule has 0 saturated heterocycles. The Hall–Kier alpha value is -1.54. The SMILES string of the molecule is COc1ccc(C(Cl)C(C)c2ccncc2)cc1. The molecule has 2 aromatic rings. The van der Waals surface area contributed by atoms with E-state index in [0.29, 0.717) is 0 Å². The van der Waals surface area contributed by atoms with Gasteiger partial charge < -0.3 is 4.74 Å². The molecule has 0 spiro atoms. The van der Waals surface area contributed by atoms with Crippen molar-refractivity contribution >= 4 is 11.6 Å². The Bertz CT molecular complexity index is 484. The van der Waals surface area contributed by atoms with Crippen molar-refractivity contribution in [3.8, 4) is 5.75 Å². The number of rotatable bonds is 4. The highest BCUT2D eigenvalue weighted by molar-refractivity contribution is 6.21. The van der Waals surface area contributed by atoms with E-state index in [1.165, 1.54) is 5.56 Å². The average Bonchev–Trinajstić information content (AvgIpc) is 2.47. The molecule has 1 aromatic heterocycles. The topological polar surface area (TPSA) is 22.1 Å². The van der Waals surface area contributed by atoms with Gasteiger partial charge in [-0.15, -0.1) is 11.6 Å². The summed E-state index contributed by atoms with van der Waals surface area (Å²) in [5, 5.41) is -0.0571. The number of ether oxygens (including phenoxy) is 1. The van der Waals surface area contributed by atoms with Crippen LogP contribution in [0.4, 0.5) is 0 Å². The first-order chi connectivity index (χ1) is 8.72. The van der Waals surface area contributed by atoms with Gasteiger partial charge in [0.1, 0.15) is 5.75 Å². The molecule has 0 radical (unpaired) electrons. The summed E-state index contributed by atoms with van der Waals surface area (Å²) >= 11 is 6.53. The van der Waals surface area contributed by atoms with Gasteiger partial charge in [0.15, 0.2) is 0 Å². The van der Waals surface area contributed by atoms with Crippen LogP contribution in [0.15, 0.2) is 48.8 Å². The van der Waals surface area contributed by atoms with E-state index in [2.05, 4.69) is 11.9 Å². The first-order valence-electron chi connectivity index (χ1n) is 5.90. The van der Waals surface area contributed by atoms with Crippen molar-refractivity contribution in [3.05, 3.63) is 59.9 Å². The van der Waals surface area contributed by atoms with Gasteiger partial charge in [-0.3, -0.25) is 4.98 Å². The molecule has 0 amide bonds. The number of hydrogen-bond donors (Lipinski definition) is 0. The number of hydrogen-bond acceptors (Lipinski definition) is 2. The zero-order chi connectivity index (χ0) is 13.0. The number of methoxy groups -OCH3 is 1. The molecule has 2 unspecified atom stereocenters. The third kappa shape index (κ3) is 2.82. The minimum absolute atomic E-state index is 0.0571. The summed E-state index contributed by atoms with van der Waals surface area (Å²) in [5.74, 6) is 1.09. The number of alkyl halides is 1.